The average Bonchev–Trinajstić information content (AvgIpc) is 2.94. The second kappa shape index (κ2) is 5.17. The number of ether oxygens (including phenoxy) is 2. The lowest BCUT2D eigenvalue weighted by Gasteiger charge is -2.67. The van der Waals surface area contributed by atoms with Crippen LogP contribution < -0.4 is 14.8 Å². The SMILES string of the molecule is COc1cc2c3c(c1)cc(C)n3C(CC1(C)CNC3CN1C3(C)C)CO2. The van der Waals surface area contributed by atoms with E-state index in [1.165, 1.54) is 16.6 Å². The summed E-state index contributed by atoms with van der Waals surface area (Å²) in [6, 6.07) is 7.37. The van der Waals surface area contributed by atoms with E-state index < -0.39 is 0 Å². The Balaban J connectivity index is 1.53. The van der Waals surface area contributed by atoms with Gasteiger partial charge in [-0.2, -0.15) is 0 Å². The third kappa shape index (κ3) is 2.04. The number of benzene rings is 1. The molecule has 4 aliphatic rings. The van der Waals surface area contributed by atoms with Crippen LogP contribution in [0.5, 0.6) is 11.5 Å². The number of fused-ring (bicyclic) bond motifs is 2. The molecule has 4 aliphatic heterocycles. The van der Waals surface area contributed by atoms with Crippen molar-refractivity contribution >= 4 is 10.9 Å². The maximum Gasteiger partial charge on any atom is 0.147 e. The van der Waals surface area contributed by atoms with Gasteiger partial charge in [0.15, 0.2) is 0 Å². The largest absolute Gasteiger partial charge is 0.497 e. The number of rotatable bonds is 3. The Labute approximate surface area is 155 Å². The number of piperazine rings is 2. The smallest absolute Gasteiger partial charge is 0.147 e. The van der Waals surface area contributed by atoms with Crippen LogP contribution in [0.4, 0.5) is 0 Å². The van der Waals surface area contributed by atoms with E-state index in [9.17, 15) is 0 Å². The fraction of sp³-hybridized carbons (Fsp3) is 0.619. The van der Waals surface area contributed by atoms with E-state index in [1.54, 1.807) is 7.11 Å². The van der Waals surface area contributed by atoms with Crippen LogP contribution >= 0.6 is 0 Å². The van der Waals surface area contributed by atoms with Crippen LogP contribution in [0.25, 0.3) is 10.9 Å². The van der Waals surface area contributed by atoms with E-state index in [4.69, 9.17) is 9.47 Å². The molecule has 0 amide bonds. The summed E-state index contributed by atoms with van der Waals surface area (Å²) in [5.41, 5.74) is 2.91. The third-order valence-corrected chi connectivity index (χ3v) is 7.07. The molecular weight excluding hydrogens is 326 g/mol. The molecule has 1 aromatic heterocycles. The molecule has 3 saturated heterocycles. The first-order chi connectivity index (χ1) is 12.3. The lowest BCUT2D eigenvalue weighted by Crippen LogP contribution is -2.84. The van der Waals surface area contributed by atoms with E-state index >= 15 is 0 Å². The Kier molecular flexibility index (Phi) is 3.27. The Bertz CT molecular complexity index is 885. The minimum absolute atomic E-state index is 0.152. The van der Waals surface area contributed by atoms with Crippen molar-refractivity contribution in [3.05, 3.63) is 23.9 Å². The summed E-state index contributed by atoms with van der Waals surface area (Å²) in [5, 5.41) is 4.98. The summed E-state index contributed by atoms with van der Waals surface area (Å²) in [6.07, 6.45) is 1.09. The predicted molar refractivity (Wildman–Crippen MR) is 103 cm³/mol. The molecule has 2 aromatic rings. The number of methoxy groups -OCH3 is 1. The highest BCUT2D eigenvalue weighted by molar-refractivity contribution is 5.89. The predicted octanol–water partition coefficient (Wildman–Crippen LogP) is 3.11. The van der Waals surface area contributed by atoms with E-state index in [0.29, 0.717) is 12.1 Å². The topological polar surface area (TPSA) is 38.7 Å². The van der Waals surface area contributed by atoms with Gasteiger partial charge in [-0.3, -0.25) is 4.90 Å². The number of hydrogen-bond acceptors (Lipinski definition) is 4. The molecule has 5 heteroatoms. The highest BCUT2D eigenvalue weighted by atomic mass is 16.5. The zero-order chi connectivity index (χ0) is 18.3. The van der Waals surface area contributed by atoms with Gasteiger partial charge in [0.1, 0.15) is 18.1 Å². The van der Waals surface area contributed by atoms with Crippen LogP contribution in [0.3, 0.4) is 0 Å². The number of nitrogens with zero attached hydrogens (tertiary/aromatic N) is 2. The number of hydrogen-bond donors (Lipinski definition) is 1. The number of aromatic nitrogens is 1. The summed E-state index contributed by atoms with van der Waals surface area (Å²) < 4.78 is 14.1. The lowest BCUT2D eigenvalue weighted by atomic mass is 9.72. The molecule has 1 N–H and O–H groups in total. The molecule has 4 unspecified atom stereocenters. The normalized spacial score (nSPS) is 34.3. The van der Waals surface area contributed by atoms with Gasteiger partial charge in [-0.25, -0.2) is 0 Å². The van der Waals surface area contributed by atoms with Crippen molar-refractivity contribution in [2.45, 2.75) is 57.3 Å². The summed E-state index contributed by atoms with van der Waals surface area (Å²) >= 11 is 0. The Hall–Kier alpha value is -1.72. The van der Waals surface area contributed by atoms with Crippen molar-refractivity contribution in [1.82, 2.24) is 14.8 Å². The van der Waals surface area contributed by atoms with E-state index in [0.717, 1.165) is 37.6 Å². The first kappa shape index (κ1) is 16.5. The summed E-state index contributed by atoms with van der Waals surface area (Å²) in [6.45, 7) is 12.3. The first-order valence-corrected chi connectivity index (χ1v) is 9.67. The zero-order valence-corrected chi connectivity index (χ0v) is 16.4. The fourth-order valence-electron chi connectivity index (χ4n) is 5.63. The van der Waals surface area contributed by atoms with Crippen molar-refractivity contribution in [1.29, 1.82) is 0 Å². The maximum atomic E-state index is 6.21. The third-order valence-electron chi connectivity index (χ3n) is 7.07. The maximum absolute atomic E-state index is 6.21. The van der Waals surface area contributed by atoms with Crippen LogP contribution in [0.2, 0.25) is 0 Å². The average molecular weight is 355 g/mol. The molecule has 0 aliphatic carbocycles. The molecule has 2 bridgehead atoms. The van der Waals surface area contributed by atoms with Gasteiger partial charge in [-0.1, -0.05) is 0 Å². The van der Waals surface area contributed by atoms with Gasteiger partial charge in [0, 0.05) is 47.4 Å². The molecule has 5 heterocycles. The monoisotopic (exact) mass is 355 g/mol. The van der Waals surface area contributed by atoms with Crippen molar-refractivity contribution in [2.24, 2.45) is 0 Å². The molecule has 1 aromatic carbocycles. The number of nitrogens with one attached hydrogen (secondary N) is 1. The zero-order valence-electron chi connectivity index (χ0n) is 16.4. The van der Waals surface area contributed by atoms with Crippen LogP contribution in [0.1, 0.15) is 38.9 Å². The highest BCUT2D eigenvalue weighted by Crippen LogP contribution is 2.46. The fourth-order valence-corrected chi connectivity index (χ4v) is 5.63. The Morgan fingerprint density at radius 2 is 2.08 bits per heavy atom. The van der Waals surface area contributed by atoms with Crippen molar-refractivity contribution in [2.75, 3.05) is 26.8 Å². The van der Waals surface area contributed by atoms with Gasteiger partial charge in [0.25, 0.3) is 0 Å². The Morgan fingerprint density at radius 1 is 1.27 bits per heavy atom. The number of aryl methyl sites for hydroxylation is 1. The van der Waals surface area contributed by atoms with Gasteiger partial charge in [0.2, 0.25) is 0 Å². The molecule has 4 atom stereocenters. The van der Waals surface area contributed by atoms with Gasteiger partial charge in [-0.15, -0.1) is 0 Å². The molecule has 0 spiro atoms. The van der Waals surface area contributed by atoms with Crippen molar-refractivity contribution in [3.63, 3.8) is 0 Å². The minimum Gasteiger partial charge on any atom is -0.497 e. The van der Waals surface area contributed by atoms with Crippen molar-refractivity contribution in [3.8, 4) is 11.5 Å². The van der Waals surface area contributed by atoms with Crippen LogP contribution in [0.15, 0.2) is 18.2 Å². The molecule has 5 nitrogen and oxygen atoms in total. The van der Waals surface area contributed by atoms with Gasteiger partial charge in [0.05, 0.1) is 18.7 Å². The quantitative estimate of drug-likeness (QED) is 0.918. The molecule has 6 rings (SSSR count). The lowest BCUT2D eigenvalue weighted by molar-refractivity contribution is -0.147. The Morgan fingerprint density at radius 3 is 2.77 bits per heavy atom. The van der Waals surface area contributed by atoms with Crippen molar-refractivity contribution < 1.29 is 9.47 Å². The standard InChI is InChI=1S/C21H29N3O2/c1-13-6-14-7-16(25-5)8-17-19(14)24(13)15(11-26-17)9-21(4)12-22-18-10-23(21)20(18,2)3/h6-8,15,18,22H,9-12H2,1-5H3. The molecular formula is C21H29N3O2. The van der Waals surface area contributed by atoms with E-state index in [-0.39, 0.29) is 11.1 Å². The molecule has 3 fully saturated rings. The van der Waals surface area contributed by atoms with Crippen LogP contribution in [-0.2, 0) is 0 Å². The van der Waals surface area contributed by atoms with E-state index in [1.807, 2.05) is 6.07 Å². The van der Waals surface area contributed by atoms with Gasteiger partial charge >= 0.3 is 0 Å². The van der Waals surface area contributed by atoms with Gasteiger partial charge in [-0.05, 0) is 46.2 Å². The summed E-state index contributed by atoms with van der Waals surface area (Å²) in [4.78, 5) is 2.70. The summed E-state index contributed by atoms with van der Waals surface area (Å²) in [7, 11) is 1.71. The van der Waals surface area contributed by atoms with Crippen LogP contribution in [0, 0.1) is 6.92 Å². The van der Waals surface area contributed by atoms with Crippen LogP contribution in [-0.4, -0.2) is 53.4 Å². The highest BCUT2D eigenvalue weighted by Gasteiger charge is 2.58. The second-order valence-corrected chi connectivity index (χ2v) is 9.08. The first-order valence-electron chi connectivity index (χ1n) is 9.67. The van der Waals surface area contributed by atoms with Gasteiger partial charge < -0.3 is 19.4 Å². The molecule has 0 radical (unpaired) electrons. The second-order valence-electron chi connectivity index (χ2n) is 9.08. The van der Waals surface area contributed by atoms with E-state index in [2.05, 4.69) is 54.6 Å². The minimum atomic E-state index is 0.152. The summed E-state index contributed by atoms with van der Waals surface area (Å²) in [5.74, 6) is 1.81. The molecule has 140 valence electrons. The molecule has 26 heavy (non-hydrogen) atoms. The molecule has 0 saturated carbocycles.